The SMILES string of the molecule is CCCOc1c(Cl)cc(C=CC(=O)Nc2ccc(-c3csnn3)cc2)cc1OC. The first-order valence-corrected chi connectivity index (χ1v) is 10.2. The Labute approximate surface area is 178 Å². The molecule has 0 spiro atoms. The van der Waals surface area contributed by atoms with Crippen molar-refractivity contribution in [3.63, 3.8) is 0 Å². The Morgan fingerprint density at radius 3 is 2.72 bits per heavy atom. The van der Waals surface area contributed by atoms with Crippen LogP contribution in [-0.4, -0.2) is 29.2 Å². The molecule has 0 aliphatic carbocycles. The molecule has 1 N–H and O–H groups in total. The van der Waals surface area contributed by atoms with Gasteiger partial charge in [-0.25, -0.2) is 0 Å². The van der Waals surface area contributed by atoms with E-state index in [4.69, 9.17) is 21.1 Å². The van der Waals surface area contributed by atoms with Crippen LogP contribution in [0.1, 0.15) is 18.9 Å². The first-order chi connectivity index (χ1) is 14.1. The Bertz CT molecular complexity index is 989. The van der Waals surface area contributed by atoms with Crippen LogP contribution in [0.5, 0.6) is 11.5 Å². The summed E-state index contributed by atoms with van der Waals surface area (Å²) in [4.78, 5) is 12.2. The monoisotopic (exact) mass is 429 g/mol. The Hall–Kier alpha value is -2.90. The smallest absolute Gasteiger partial charge is 0.248 e. The molecule has 1 amide bonds. The third-order valence-corrected chi connectivity index (χ3v) is 4.72. The number of aromatic nitrogens is 2. The summed E-state index contributed by atoms with van der Waals surface area (Å²) >= 11 is 7.60. The molecule has 0 saturated heterocycles. The van der Waals surface area contributed by atoms with Crippen molar-refractivity contribution in [1.82, 2.24) is 9.59 Å². The summed E-state index contributed by atoms with van der Waals surface area (Å²) in [5.74, 6) is 0.778. The number of anilines is 1. The van der Waals surface area contributed by atoms with E-state index in [9.17, 15) is 4.79 Å². The molecule has 6 nitrogen and oxygen atoms in total. The lowest BCUT2D eigenvalue weighted by Gasteiger charge is -2.12. The highest BCUT2D eigenvalue weighted by Gasteiger charge is 2.11. The highest BCUT2D eigenvalue weighted by atomic mass is 35.5. The van der Waals surface area contributed by atoms with Crippen LogP contribution in [0.2, 0.25) is 5.02 Å². The van der Waals surface area contributed by atoms with Gasteiger partial charge in [0, 0.05) is 22.7 Å². The summed E-state index contributed by atoms with van der Waals surface area (Å²) in [5.41, 5.74) is 3.17. The number of benzene rings is 2. The van der Waals surface area contributed by atoms with Crippen molar-refractivity contribution in [2.45, 2.75) is 13.3 Å². The lowest BCUT2D eigenvalue weighted by atomic mass is 10.1. The maximum atomic E-state index is 12.2. The first-order valence-electron chi connectivity index (χ1n) is 8.97. The molecular formula is C21H20ClN3O3S. The number of rotatable bonds is 8. The average molecular weight is 430 g/mol. The number of halogens is 1. The molecule has 0 radical (unpaired) electrons. The Kier molecular flexibility index (Phi) is 7.21. The summed E-state index contributed by atoms with van der Waals surface area (Å²) in [5, 5.41) is 9.15. The number of nitrogens with zero attached hydrogens (tertiary/aromatic N) is 2. The van der Waals surface area contributed by atoms with Gasteiger partial charge in [0.1, 0.15) is 5.69 Å². The van der Waals surface area contributed by atoms with Crippen LogP contribution >= 0.6 is 23.1 Å². The predicted octanol–water partition coefficient (Wildman–Crippen LogP) is 5.31. The van der Waals surface area contributed by atoms with E-state index in [1.165, 1.54) is 17.6 Å². The Balaban J connectivity index is 1.66. The lowest BCUT2D eigenvalue weighted by molar-refractivity contribution is -0.111. The van der Waals surface area contributed by atoms with Gasteiger partial charge in [0.2, 0.25) is 5.91 Å². The van der Waals surface area contributed by atoms with E-state index in [1.807, 2.05) is 36.6 Å². The van der Waals surface area contributed by atoms with Gasteiger partial charge in [-0.15, -0.1) is 5.10 Å². The van der Waals surface area contributed by atoms with Crippen LogP contribution in [0.4, 0.5) is 5.69 Å². The Morgan fingerprint density at radius 1 is 1.28 bits per heavy atom. The molecule has 0 bridgehead atoms. The topological polar surface area (TPSA) is 73.3 Å². The molecule has 2 aromatic carbocycles. The largest absolute Gasteiger partial charge is 0.493 e. The number of carbonyl (C=O) groups excluding carboxylic acids is 1. The maximum Gasteiger partial charge on any atom is 0.248 e. The minimum atomic E-state index is -0.255. The van der Waals surface area contributed by atoms with Crippen molar-refractivity contribution in [2.75, 3.05) is 19.0 Å². The van der Waals surface area contributed by atoms with Gasteiger partial charge in [0.05, 0.1) is 18.7 Å². The normalized spacial score (nSPS) is 10.9. The van der Waals surface area contributed by atoms with E-state index >= 15 is 0 Å². The minimum absolute atomic E-state index is 0.255. The maximum absolute atomic E-state index is 12.2. The number of amides is 1. The molecule has 1 heterocycles. The lowest BCUT2D eigenvalue weighted by Crippen LogP contribution is -2.07. The van der Waals surface area contributed by atoms with Gasteiger partial charge >= 0.3 is 0 Å². The van der Waals surface area contributed by atoms with Gasteiger partial charge < -0.3 is 14.8 Å². The second kappa shape index (κ2) is 10.0. The van der Waals surface area contributed by atoms with Crippen LogP contribution < -0.4 is 14.8 Å². The third kappa shape index (κ3) is 5.56. The van der Waals surface area contributed by atoms with E-state index in [0.29, 0.717) is 28.8 Å². The summed E-state index contributed by atoms with van der Waals surface area (Å²) in [6, 6.07) is 10.9. The van der Waals surface area contributed by atoms with Crippen molar-refractivity contribution in [2.24, 2.45) is 0 Å². The molecule has 0 aliphatic rings. The molecule has 3 rings (SSSR count). The van der Waals surface area contributed by atoms with Crippen LogP contribution in [0.15, 0.2) is 47.9 Å². The number of methoxy groups -OCH3 is 1. The van der Waals surface area contributed by atoms with E-state index in [0.717, 1.165) is 23.2 Å². The van der Waals surface area contributed by atoms with Crippen LogP contribution in [0, 0.1) is 0 Å². The first kappa shape index (κ1) is 20.8. The number of ether oxygens (including phenoxy) is 2. The second-order valence-electron chi connectivity index (χ2n) is 6.07. The van der Waals surface area contributed by atoms with Gasteiger partial charge in [-0.1, -0.05) is 35.1 Å². The molecule has 150 valence electrons. The zero-order chi connectivity index (χ0) is 20.6. The van der Waals surface area contributed by atoms with E-state index < -0.39 is 0 Å². The molecular weight excluding hydrogens is 410 g/mol. The fourth-order valence-corrected chi connectivity index (χ4v) is 3.29. The van der Waals surface area contributed by atoms with Gasteiger partial charge in [0.15, 0.2) is 11.5 Å². The molecule has 8 heteroatoms. The molecule has 29 heavy (non-hydrogen) atoms. The van der Waals surface area contributed by atoms with Crippen LogP contribution in [0.3, 0.4) is 0 Å². The minimum Gasteiger partial charge on any atom is -0.493 e. The number of hydrogen-bond donors (Lipinski definition) is 1. The summed E-state index contributed by atoms with van der Waals surface area (Å²) < 4.78 is 14.8. The molecule has 0 atom stereocenters. The fourth-order valence-electron chi connectivity index (χ4n) is 2.55. The molecule has 0 fully saturated rings. The van der Waals surface area contributed by atoms with E-state index in [2.05, 4.69) is 14.9 Å². The van der Waals surface area contributed by atoms with Gasteiger partial charge in [-0.2, -0.15) is 0 Å². The fraction of sp³-hybridized carbons (Fsp3) is 0.190. The molecule has 3 aromatic rings. The molecule has 0 unspecified atom stereocenters. The zero-order valence-electron chi connectivity index (χ0n) is 16.0. The van der Waals surface area contributed by atoms with Crippen LogP contribution in [0.25, 0.3) is 17.3 Å². The molecule has 1 aromatic heterocycles. The summed E-state index contributed by atoms with van der Waals surface area (Å²) in [6.45, 7) is 2.56. The van der Waals surface area contributed by atoms with Crippen molar-refractivity contribution < 1.29 is 14.3 Å². The number of hydrogen-bond acceptors (Lipinski definition) is 6. The average Bonchev–Trinajstić information content (AvgIpc) is 3.26. The third-order valence-electron chi connectivity index (χ3n) is 3.94. The number of carbonyl (C=O) groups is 1. The Morgan fingerprint density at radius 2 is 2.07 bits per heavy atom. The molecule has 0 saturated carbocycles. The van der Waals surface area contributed by atoms with Gasteiger partial charge in [-0.05, 0) is 53.9 Å². The van der Waals surface area contributed by atoms with E-state index in [-0.39, 0.29) is 5.91 Å². The summed E-state index contributed by atoms with van der Waals surface area (Å²) in [6.07, 6.45) is 3.97. The predicted molar refractivity (Wildman–Crippen MR) is 117 cm³/mol. The van der Waals surface area contributed by atoms with Crippen molar-refractivity contribution in [3.8, 4) is 22.8 Å². The number of nitrogens with one attached hydrogen (secondary N) is 1. The molecule has 0 aliphatic heterocycles. The van der Waals surface area contributed by atoms with Gasteiger partial charge in [-0.3, -0.25) is 4.79 Å². The van der Waals surface area contributed by atoms with Crippen molar-refractivity contribution in [3.05, 3.63) is 58.4 Å². The van der Waals surface area contributed by atoms with Crippen molar-refractivity contribution >= 4 is 40.8 Å². The summed E-state index contributed by atoms with van der Waals surface area (Å²) in [7, 11) is 1.55. The highest BCUT2D eigenvalue weighted by Crippen LogP contribution is 2.36. The van der Waals surface area contributed by atoms with Crippen LogP contribution in [-0.2, 0) is 4.79 Å². The zero-order valence-corrected chi connectivity index (χ0v) is 17.6. The quantitative estimate of drug-likeness (QED) is 0.491. The standard InChI is InChI=1S/C21H20ClN3O3S/c1-3-10-28-21-17(22)11-14(12-19(21)27-2)4-9-20(26)23-16-7-5-15(6-8-16)18-13-29-25-24-18/h4-9,11-13H,3,10H2,1-2H3,(H,23,26). The van der Waals surface area contributed by atoms with E-state index in [1.54, 1.807) is 25.3 Å². The highest BCUT2D eigenvalue weighted by molar-refractivity contribution is 7.03. The van der Waals surface area contributed by atoms with Gasteiger partial charge in [0.25, 0.3) is 0 Å². The second-order valence-corrected chi connectivity index (χ2v) is 7.09. The van der Waals surface area contributed by atoms with Crippen molar-refractivity contribution in [1.29, 1.82) is 0 Å².